The van der Waals surface area contributed by atoms with Crippen molar-refractivity contribution in [2.24, 2.45) is 10.2 Å². The molecule has 54 valence electrons. The molecule has 0 fully saturated rings. The number of carbonyl (C=O) groups is 2. The van der Waals surface area contributed by atoms with E-state index in [-0.39, 0.29) is 5.69 Å². The van der Waals surface area contributed by atoms with E-state index in [9.17, 15) is 9.59 Å². The quantitative estimate of drug-likeness (QED) is 0.538. The van der Waals surface area contributed by atoms with Crippen molar-refractivity contribution < 1.29 is 9.59 Å². The highest BCUT2D eigenvalue weighted by molar-refractivity contribution is 5.99. The first-order valence-corrected chi connectivity index (χ1v) is 2.83. The van der Waals surface area contributed by atoms with Gasteiger partial charge in [-0.15, -0.1) is 0 Å². The topological polar surface area (TPSA) is 76.7 Å². The van der Waals surface area contributed by atoms with Crippen molar-refractivity contribution in [1.82, 2.24) is 9.78 Å². The first-order valence-electron chi connectivity index (χ1n) is 2.83. The molecule has 6 nitrogen and oxygen atoms in total. The zero-order valence-corrected chi connectivity index (χ0v) is 5.26. The minimum atomic E-state index is -0.635. The maximum Gasteiger partial charge on any atom is 0.387 e. The van der Waals surface area contributed by atoms with E-state index in [2.05, 4.69) is 15.3 Å². The minimum absolute atomic E-state index is 0.157. The van der Waals surface area contributed by atoms with E-state index in [4.69, 9.17) is 0 Å². The number of azo groups is 1. The molecule has 2 amide bonds. The molecule has 0 N–H and O–H groups in total. The third-order valence-corrected chi connectivity index (χ3v) is 1.27. The Morgan fingerprint density at radius 3 is 2.82 bits per heavy atom. The Morgan fingerprint density at radius 2 is 2.09 bits per heavy atom. The second-order valence-electron chi connectivity index (χ2n) is 1.92. The van der Waals surface area contributed by atoms with E-state index in [0.717, 1.165) is 4.68 Å². The molecule has 11 heavy (non-hydrogen) atoms. The number of hydrogen-bond acceptors (Lipinski definition) is 3. The van der Waals surface area contributed by atoms with E-state index in [0.29, 0.717) is 0 Å². The highest BCUT2D eigenvalue weighted by Crippen LogP contribution is 2.07. The first kappa shape index (κ1) is 5.90. The number of fused-ring (bicyclic) bond motifs is 1. The van der Waals surface area contributed by atoms with Crippen molar-refractivity contribution in [2.45, 2.75) is 0 Å². The average Bonchev–Trinajstić information content (AvgIpc) is 2.45. The Labute approximate surface area is 60.5 Å². The van der Waals surface area contributed by atoms with Gasteiger partial charge in [0.15, 0.2) is 0 Å². The fourth-order valence-electron chi connectivity index (χ4n) is 0.799. The largest absolute Gasteiger partial charge is 0.387 e. The average molecular weight is 150 g/mol. The molecule has 2 rings (SSSR count). The Kier molecular flexibility index (Phi) is 0.974. The van der Waals surface area contributed by atoms with Gasteiger partial charge in [-0.2, -0.15) is 9.78 Å². The van der Waals surface area contributed by atoms with Crippen LogP contribution in [-0.2, 0) is 0 Å². The molecule has 0 bridgehead atoms. The van der Waals surface area contributed by atoms with Crippen LogP contribution < -0.4 is 0 Å². The predicted octanol–water partition coefficient (Wildman–Crippen LogP) is 0.457. The Hall–Kier alpha value is -1.85. The molecule has 0 radical (unpaired) electrons. The summed E-state index contributed by atoms with van der Waals surface area (Å²) in [4.78, 5) is 21.6. The molecule has 0 aromatic carbocycles. The van der Waals surface area contributed by atoms with Gasteiger partial charge >= 0.3 is 11.9 Å². The summed E-state index contributed by atoms with van der Waals surface area (Å²) in [5.74, 6) is -0.540. The van der Waals surface area contributed by atoms with Crippen LogP contribution in [0.3, 0.4) is 0 Å². The van der Waals surface area contributed by atoms with E-state index in [1.165, 1.54) is 12.3 Å². The third kappa shape index (κ3) is 0.689. The minimum Gasteiger partial charge on any atom is -0.263 e. The Bertz CT molecular complexity index is 332. The van der Waals surface area contributed by atoms with E-state index < -0.39 is 11.9 Å². The standard InChI is InChI=1S/C5H2N4O2/c10-4-3-1-2-6-9(3)5(11)8-7-4/h1-2H. The molecule has 1 aromatic heterocycles. The summed E-state index contributed by atoms with van der Waals surface area (Å²) in [7, 11) is 0. The molecule has 0 spiro atoms. The zero-order valence-electron chi connectivity index (χ0n) is 5.26. The van der Waals surface area contributed by atoms with Crippen molar-refractivity contribution in [3.8, 4) is 0 Å². The lowest BCUT2D eigenvalue weighted by Crippen LogP contribution is -2.18. The molecular weight excluding hydrogens is 148 g/mol. The molecule has 6 heteroatoms. The van der Waals surface area contributed by atoms with Gasteiger partial charge in [-0.25, -0.2) is 4.79 Å². The molecular formula is C5H2N4O2. The number of hydrogen-bond donors (Lipinski definition) is 0. The van der Waals surface area contributed by atoms with E-state index in [1.54, 1.807) is 0 Å². The van der Waals surface area contributed by atoms with Crippen LogP contribution in [0.15, 0.2) is 22.5 Å². The molecule has 0 saturated heterocycles. The lowest BCUT2D eigenvalue weighted by Gasteiger charge is -2.00. The summed E-state index contributed by atoms with van der Waals surface area (Å²) in [6, 6.07) is 0.780. The van der Waals surface area contributed by atoms with Gasteiger partial charge in [0, 0.05) is 0 Å². The van der Waals surface area contributed by atoms with Crippen LogP contribution in [0.5, 0.6) is 0 Å². The SMILES string of the molecule is O=C1N=NC(=O)n2nccc21. The van der Waals surface area contributed by atoms with Gasteiger partial charge in [0.25, 0.3) is 0 Å². The Morgan fingerprint density at radius 1 is 1.27 bits per heavy atom. The number of carbonyl (C=O) groups excluding carboxylic acids is 2. The molecule has 2 heterocycles. The lowest BCUT2D eigenvalue weighted by molar-refractivity contribution is 0.0978. The van der Waals surface area contributed by atoms with Crippen molar-refractivity contribution in [1.29, 1.82) is 0 Å². The molecule has 0 saturated carbocycles. The lowest BCUT2D eigenvalue weighted by atomic mass is 10.4. The van der Waals surface area contributed by atoms with Crippen molar-refractivity contribution >= 4 is 11.9 Å². The summed E-state index contributed by atoms with van der Waals surface area (Å²) in [6.07, 6.45) is 1.35. The van der Waals surface area contributed by atoms with Crippen molar-refractivity contribution in [2.75, 3.05) is 0 Å². The van der Waals surface area contributed by atoms with Crippen LogP contribution in [0.1, 0.15) is 10.5 Å². The van der Waals surface area contributed by atoms with Gasteiger partial charge in [-0.3, -0.25) is 4.79 Å². The normalized spacial score (nSPS) is 15.3. The smallest absolute Gasteiger partial charge is 0.263 e. The van der Waals surface area contributed by atoms with Gasteiger partial charge in [0.05, 0.1) is 6.20 Å². The highest BCUT2D eigenvalue weighted by Gasteiger charge is 2.20. The number of amides is 2. The first-order chi connectivity index (χ1) is 5.29. The highest BCUT2D eigenvalue weighted by atomic mass is 16.2. The molecule has 0 unspecified atom stereocenters. The molecule has 0 atom stereocenters. The van der Waals surface area contributed by atoms with Crippen LogP contribution in [0.4, 0.5) is 4.79 Å². The van der Waals surface area contributed by atoms with Gasteiger partial charge in [0.1, 0.15) is 5.69 Å². The predicted molar refractivity (Wildman–Crippen MR) is 32.2 cm³/mol. The van der Waals surface area contributed by atoms with E-state index in [1.807, 2.05) is 0 Å². The van der Waals surface area contributed by atoms with Crippen LogP contribution in [0.2, 0.25) is 0 Å². The number of aromatic nitrogens is 2. The van der Waals surface area contributed by atoms with Gasteiger partial charge in [-0.05, 0) is 6.07 Å². The summed E-state index contributed by atoms with van der Waals surface area (Å²) >= 11 is 0. The maximum atomic E-state index is 10.8. The van der Waals surface area contributed by atoms with Gasteiger partial charge in [0.2, 0.25) is 0 Å². The van der Waals surface area contributed by atoms with Crippen molar-refractivity contribution in [3.05, 3.63) is 18.0 Å². The van der Waals surface area contributed by atoms with Crippen molar-refractivity contribution in [3.63, 3.8) is 0 Å². The van der Waals surface area contributed by atoms with E-state index >= 15 is 0 Å². The monoisotopic (exact) mass is 150 g/mol. The second kappa shape index (κ2) is 1.82. The molecule has 1 aromatic rings. The van der Waals surface area contributed by atoms with Gasteiger partial charge in [-0.1, -0.05) is 10.2 Å². The van der Waals surface area contributed by atoms with Crippen LogP contribution in [0.25, 0.3) is 0 Å². The number of nitrogens with zero attached hydrogens (tertiary/aromatic N) is 4. The summed E-state index contributed by atoms with van der Waals surface area (Å²) < 4.78 is 0.912. The fraction of sp³-hybridized carbons (Fsp3) is 0. The van der Waals surface area contributed by atoms with Gasteiger partial charge < -0.3 is 0 Å². The van der Waals surface area contributed by atoms with Crippen LogP contribution >= 0.6 is 0 Å². The summed E-state index contributed by atoms with van der Waals surface area (Å²) in [6.45, 7) is 0. The van der Waals surface area contributed by atoms with Crippen LogP contribution in [0, 0.1) is 0 Å². The third-order valence-electron chi connectivity index (χ3n) is 1.27. The fourth-order valence-corrected chi connectivity index (χ4v) is 0.799. The maximum absolute atomic E-state index is 10.8. The molecule has 0 aliphatic carbocycles. The molecule has 1 aliphatic rings. The summed E-state index contributed by atoms with van der Waals surface area (Å²) in [5, 5.41) is 9.74. The van der Waals surface area contributed by atoms with Crippen LogP contribution in [-0.4, -0.2) is 21.7 Å². The number of rotatable bonds is 0. The summed E-state index contributed by atoms with van der Waals surface area (Å²) in [5.41, 5.74) is 0.157. The molecule has 1 aliphatic heterocycles. The Balaban J connectivity index is 2.68. The zero-order chi connectivity index (χ0) is 7.84. The second-order valence-corrected chi connectivity index (χ2v) is 1.92.